The Balaban J connectivity index is 3.31. The number of halogens is 3. The summed E-state index contributed by atoms with van der Waals surface area (Å²) in [5.41, 5.74) is 10.2. The van der Waals surface area contributed by atoms with Crippen molar-refractivity contribution >= 4 is 5.82 Å². The summed E-state index contributed by atoms with van der Waals surface area (Å²) in [6, 6.07) is 1.55. The van der Waals surface area contributed by atoms with Gasteiger partial charge in [0.25, 0.3) is 0 Å². The Morgan fingerprint density at radius 1 is 1.50 bits per heavy atom. The fourth-order valence-electron chi connectivity index (χ4n) is 1.04. The van der Waals surface area contributed by atoms with E-state index in [0.29, 0.717) is 0 Å². The van der Waals surface area contributed by atoms with Gasteiger partial charge < -0.3 is 16.2 Å². The maximum atomic E-state index is 12.0. The van der Waals surface area contributed by atoms with Crippen molar-refractivity contribution in [2.24, 2.45) is 5.73 Å². The van der Waals surface area contributed by atoms with Crippen LogP contribution in [0, 0.1) is 11.3 Å². The van der Waals surface area contributed by atoms with Gasteiger partial charge in [-0.1, -0.05) is 0 Å². The molecule has 1 heterocycles. The predicted molar refractivity (Wildman–Crippen MR) is 47.9 cm³/mol. The first-order valence-corrected chi connectivity index (χ1v) is 4.02. The van der Waals surface area contributed by atoms with Crippen LogP contribution in [0.25, 0.3) is 0 Å². The van der Waals surface area contributed by atoms with E-state index in [9.17, 15) is 13.2 Å². The monoisotopic (exact) mass is 232 g/mol. The molecule has 0 amide bonds. The highest BCUT2D eigenvalue weighted by Crippen LogP contribution is 2.31. The number of ether oxygens (including phenoxy) is 1. The number of nitrogens with zero attached hydrogens (tertiary/aromatic N) is 2. The molecule has 8 heteroatoms. The molecule has 0 bridgehead atoms. The minimum Gasteiger partial charge on any atom is -0.400 e. The fourth-order valence-corrected chi connectivity index (χ4v) is 1.04. The highest BCUT2D eigenvalue weighted by molar-refractivity contribution is 5.59. The molecule has 4 N–H and O–H groups in total. The van der Waals surface area contributed by atoms with Crippen LogP contribution in [-0.2, 0) is 6.54 Å². The van der Waals surface area contributed by atoms with E-state index in [1.807, 2.05) is 0 Å². The van der Waals surface area contributed by atoms with Crippen LogP contribution in [0.3, 0.4) is 0 Å². The molecule has 0 aromatic carbocycles. The van der Waals surface area contributed by atoms with Crippen molar-refractivity contribution in [3.05, 3.63) is 17.3 Å². The van der Waals surface area contributed by atoms with Crippen LogP contribution >= 0.6 is 0 Å². The maximum absolute atomic E-state index is 12.0. The lowest BCUT2D eigenvalue weighted by Gasteiger charge is -2.13. The Bertz CT molecular complexity index is 438. The molecule has 0 aliphatic carbocycles. The Morgan fingerprint density at radius 2 is 2.12 bits per heavy atom. The number of alkyl halides is 3. The topological polar surface area (TPSA) is 98.0 Å². The number of rotatable bonds is 2. The van der Waals surface area contributed by atoms with Crippen molar-refractivity contribution in [2.45, 2.75) is 12.9 Å². The lowest BCUT2D eigenvalue weighted by molar-refractivity contribution is -0.274. The second kappa shape index (κ2) is 4.24. The van der Waals surface area contributed by atoms with E-state index in [2.05, 4.69) is 9.72 Å². The molecule has 0 spiro atoms. The zero-order chi connectivity index (χ0) is 12.3. The van der Waals surface area contributed by atoms with Crippen LogP contribution in [0.1, 0.15) is 11.1 Å². The molecule has 0 aliphatic rings. The Morgan fingerprint density at radius 3 is 2.56 bits per heavy atom. The van der Waals surface area contributed by atoms with E-state index in [-0.39, 0.29) is 17.7 Å². The summed E-state index contributed by atoms with van der Waals surface area (Å²) >= 11 is 0. The van der Waals surface area contributed by atoms with Crippen molar-refractivity contribution < 1.29 is 17.9 Å². The van der Waals surface area contributed by atoms with Gasteiger partial charge in [-0.05, 0) is 0 Å². The van der Waals surface area contributed by atoms with E-state index in [1.165, 1.54) is 0 Å². The van der Waals surface area contributed by atoms with E-state index < -0.39 is 17.9 Å². The minimum absolute atomic E-state index is 0.135. The summed E-state index contributed by atoms with van der Waals surface area (Å²) in [6.07, 6.45) is -3.80. The van der Waals surface area contributed by atoms with Gasteiger partial charge in [-0.2, -0.15) is 5.26 Å². The van der Waals surface area contributed by atoms with Crippen molar-refractivity contribution in [2.75, 3.05) is 5.73 Å². The summed E-state index contributed by atoms with van der Waals surface area (Å²) < 4.78 is 39.7. The molecule has 1 aromatic rings. The van der Waals surface area contributed by atoms with Crippen LogP contribution in [0.2, 0.25) is 0 Å². The third-order valence-corrected chi connectivity index (χ3v) is 1.69. The summed E-state index contributed by atoms with van der Waals surface area (Å²) in [5, 5.41) is 8.72. The second-order valence-corrected chi connectivity index (χ2v) is 2.74. The summed E-state index contributed by atoms with van der Waals surface area (Å²) in [7, 11) is 0. The molecule has 5 nitrogen and oxygen atoms in total. The van der Waals surface area contributed by atoms with Crippen molar-refractivity contribution in [1.29, 1.82) is 5.26 Å². The van der Waals surface area contributed by atoms with Crippen molar-refractivity contribution in [3.63, 3.8) is 0 Å². The van der Waals surface area contributed by atoms with Crippen LogP contribution < -0.4 is 16.2 Å². The number of aromatic nitrogens is 1. The second-order valence-electron chi connectivity index (χ2n) is 2.74. The predicted octanol–water partition coefficient (Wildman–Crippen LogP) is 0.893. The zero-order valence-corrected chi connectivity index (χ0v) is 7.88. The summed E-state index contributed by atoms with van der Waals surface area (Å²) in [5.74, 6) is -1.32. The van der Waals surface area contributed by atoms with E-state index in [0.717, 1.165) is 6.20 Å². The molecule has 0 saturated carbocycles. The fraction of sp³-hybridized carbons (Fsp3) is 0.250. The normalized spacial score (nSPS) is 10.9. The van der Waals surface area contributed by atoms with Gasteiger partial charge in [-0.3, -0.25) is 0 Å². The van der Waals surface area contributed by atoms with Crippen LogP contribution in [0.4, 0.5) is 19.0 Å². The standard InChI is InChI=1S/C8H7F3N4O/c9-8(10,11)16-6-5(2-13)4(1-12)3-15-7(6)14/h3H,1,12H2,(H2,14,15). The Labute approximate surface area is 88.4 Å². The molecule has 0 radical (unpaired) electrons. The van der Waals surface area contributed by atoms with Gasteiger partial charge in [-0.15, -0.1) is 13.2 Å². The molecule has 0 aliphatic heterocycles. The van der Waals surface area contributed by atoms with Gasteiger partial charge in [0.2, 0.25) is 0 Å². The molecule has 0 fully saturated rings. The van der Waals surface area contributed by atoms with E-state index >= 15 is 0 Å². The van der Waals surface area contributed by atoms with Crippen molar-refractivity contribution in [3.8, 4) is 11.8 Å². The zero-order valence-electron chi connectivity index (χ0n) is 7.88. The van der Waals surface area contributed by atoms with Gasteiger partial charge in [0.1, 0.15) is 11.6 Å². The lowest BCUT2D eigenvalue weighted by Crippen LogP contribution is -2.20. The lowest BCUT2D eigenvalue weighted by atomic mass is 10.1. The van der Waals surface area contributed by atoms with Crippen molar-refractivity contribution in [1.82, 2.24) is 4.98 Å². The molecule has 86 valence electrons. The summed E-state index contributed by atoms with van der Waals surface area (Å²) in [6.45, 7) is -0.135. The SMILES string of the molecule is N#Cc1c(CN)cnc(N)c1OC(F)(F)F. The number of nitrogens with two attached hydrogens (primary N) is 2. The average molecular weight is 232 g/mol. The molecular weight excluding hydrogens is 225 g/mol. The first-order valence-electron chi connectivity index (χ1n) is 4.02. The number of nitrogen functional groups attached to an aromatic ring is 1. The Hall–Kier alpha value is -2.01. The maximum Gasteiger partial charge on any atom is 0.573 e. The largest absolute Gasteiger partial charge is 0.573 e. The van der Waals surface area contributed by atoms with Gasteiger partial charge >= 0.3 is 6.36 Å². The number of hydrogen-bond acceptors (Lipinski definition) is 5. The summed E-state index contributed by atoms with van der Waals surface area (Å²) in [4.78, 5) is 3.46. The highest BCUT2D eigenvalue weighted by Gasteiger charge is 2.34. The molecule has 0 atom stereocenters. The minimum atomic E-state index is -4.94. The molecule has 16 heavy (non-hydrogen) atoms. The smallest absolute Gasteiger partial charge is 0.400 e. The van der Waals surface area contributed by atoms with Gasteiger partial charge in [-0.25, -0.2) is 4.98 Å². The van der Waals surface area contributed by atoms with Crippen LogP contribution in [-0.4, -0.2) is 11.3 Å². The number of hydrogen-bond donors (Lipinski definition) is 2. The first-order chi connectivity index (χ1) is 7.39. The van der Waals surface area contributed by atoms with E-state index in [1.54, 1.807) is 6.07 Å². The number of anilines is 1. The number of nitriles is 1. The van der Waals surface area contributed by atoms with E-state index in [4.69, 9.17) is 16.7 Å². The molecule has 1 rings (SSSR count). The number of pyridine rings is 1. The quantitative estimate of drug-likeness (QED) is 0.789. The first kappa shape index (κ1) is 12.1. The van der Waals surface area contributed by atoms with Gasteiger partial charge in [0.15, 0.2) is 11.6 Å². The van der Waals surface area contributed by atoms with Gasteiger partial charge in [0.05, 0.1) is 0 Å². The molecule has 0 saturated heterocycles. The molecule has 1 aromatic heterocycles. The van der Waals surface area contributed by atoms with Crippen LogP contribution in [0.15, 0.2) is 6.20 Å². The average Bonchev–Trinajstić information content (AvgIpc) is 2.19. The molecule has 0 unspecified atom stereocenters. The van der Waals surface area contributed by atoms with Crippen LogP contribution in [0.5, 0.6) is 5.75 Å². The third-order valence-electron chi connectivity index (χ3n) is 1.69. The highest BCUT2D eigenvalue weighted by atomic mass is 19.4. The Kier molecular flexibility index (Phi) is 3.20. The molecular formula is C8H7F3N4O. The van der Waals surface area contributed by atoms with Gasteiger partial charge in [0, 0.05) is 18.3 Å². The third kappa shape index (κ3) is 2.52.